The van der Waals surface area contributed by atoms with Gasteiger partial charge in [0.05, 0.1) is 4.92 Å². The standard InChI is InChI=1S/C14H15FN2O3/c15-12-6-5-11(9-13(12)17(19)20)14(18)16-8-7-10-3-1-2-4-10/h3,5-6,9H,1-2,4,7-8H2,(H,16,18). The molecule has 1 aromatic carbocycles. The van der Waals surface area contributed by atoms with E-state index in [1.165, 1.54) is 11.6 Å². The van der Waals surface area contributed by atoms with E-state index >= 15 is 0 Å². The molecule has 0 unspecified atom stereocenters. The first kappa shape index (κ1) is 14.2. The first-order chi connectivity index (χ1) is 9.58. The molecule has 1 aliphatic carbocycles. The summed E-state index contributed by atoms with van der Waals surface area (Å²) in [6.07, 6.45) is 6.28. The van der Waals surface area contributed by atoms with Crippen LogP contribution in [0.4, 0.5) is 10.1 Å². The Morgan fingerprint density at radius 3 is 2.90 bits per heavy atom. The number of carbonyl (C=O) groups excluding carboxylic acids is 1. The second-order valence-electron chi connectivity index (χ2n) is 4.68. The van der Waals surface area contributed by atoms with Gasteiger partial charge in [0.1, 0.15) is 0 Å². The van der Waals surface area contributed by atoms with E-state index in [9.17, 15) is 19.3 Å². The van der Waals surface area contributed by atoms with Crippen molar-refractivity contribution in [2.24, 2.45) is 0 Å². The fourth-order valence-electron chi connectivity index (χ4n) is 2.20. The number of halogens is 1. The van der Waals surface area contributed by atoms with Crippen LogP contribution in [0.1, 0.15) is 36.0 Å². The second kappa shape index (κ2) is 6.27. The number of hydrogen-bond donors (Lipinski definition) is 1. The molecule has 0 saturated heterocycles. The Bertz CT molecular complexity index is 570. The molecule has 5 nitrogen and oxygen atoms in total. The maximum Gasteiger partial charge on any atom is 0.305 e. The summed E-state index contributed by atoms with van der Waals surface area (Å²) in [5, 5.41) is 13.3. The highest BCUT2D eigenvalue weighted by atomic mass is 19.1. The molecule has 0 radical (unpaired) electrons. The van der Waals surface area contributed by atoms with Crippen molar-refractivity contribution in [3.63, 3.8) is 0 Å². The fraction of sp³-hybridized carbons (Fsp3) is 0.357. The largest absolute Gasteiger partial charge is 0.352 e. The van der Waals surface area contributed by atoms with Gasteiger partial charge < -0.3 is 5.32 Å². The predicted octanol–water partition coefficient (Wildman–Crippen LogP) is 2.96. The predicted molar refractivity (Wildman–Crippen MR) is 71.9 cm³/mol. The van der Waals surface area contributed by atoms with Gasteiger partial charge in [-0.3, -0.25) is 14.9 Å². The highest BCUT2D eigenvalue weighted by Gasteiger charge is 2.17. The van der Waals surface area contributed by atoms with E-state index in [-0.39, 0.29) is 5.56 Å². The lowest BCUT2D eigenvalue weighted by atomic mass is 10.1. The molecule has 0 fully saturated rings. The van der Waals surface area contributed by atoms with Gasteiger partial charge >= 0.3 is 5.69 Å². The normalized spacial score (nSPS) is 13.9. The van der Waals surface area contributed by atoms with E-state index < -0.39 is 22.3 Å². The lowest BCUT2D eigenvalue weighted by Crippen LogP contribution is -2.24. The van der Waals surface area contributed by atoms with Crippen molar-refractivity contribution in [2.45, 2.75) is 25.7 Å². The molecule has 1 N–H and O–H groups in total. The van der Waals surface area contributed by atoms with Crippen LogP contribution >= 0.6 is 0 Å². The van der Waals surface area contributed by atoms with Gasteiger partial charge in [0.15, 0.2) is 0 Å². The van der Waals surface area contributed by atoms with E-state index in [1.807, 2.05) is 0 Å². The molecular weight excluding hydrogens is 263 g/mol. The number of nitro groups is 1. The molecule has 1 aliphatic rings. The fourth-order valence-corrected chi connectivity index (χ4v) is 2.20. The molecular formula is C14H15FN2O3. The molecule has 0 heterocycles. The van der Waals surface area contributed by atoms with E-state index in [4.69, 9.17) is 0 Å². The number of nitrogens with zero attached hydrogens (tertiary/aromatic N) is 1. The number of benzene rings is 1. The van der Waals surface area contributed by atoms with Gasteiger partial charge in [-0.2, -0.15) is 4.39 Å². The highest BCUT2D eigenvalue weighted by molar-refractivity contribution is 5.94. The third-order valence-corrected chi connectivity index (χ3v) is 3.27. The van der Waals surface area contributed by atoms with Crippen LogP contribution in [0.25, 0.3) is 0 Å². The zero-order valence-electron chi connectivity index (χ0n) is 10.9. The Morgan fingerprint density at radius 2 is 2.25 bits per heavy atom. The average molecular weight is 278 g/mol. The maximum atomic E-state index is 13.2. The number of rotatable bonds is 5. The van der Waals surface area contributed by atoms with Crippen molar-refractivity contribution in [3.05, 3.63) is 51.3 Å². The Hall–Kier alpha value is -2.24. The molecule has 0 saturated carbocycles. The van der Waals surface area contributed by atoms with Crippen molar-refractivity contribution in [1.29, 1.82) is 0 Å². The number of hydrogen-bond acceptors (Lipinski definition) is 3. The van der Waals surface area contributed by atoms with Gasteiger partial charge in [-0.1, -0.05) is 11.6 Å². The summed E-state index contributed by atoms with van der Waals surface area (Å²) in [5.41, 5.74) is 0.741. The molecule has 2 rings (SSSR count). The SMILES string of the molecule is O=C(NCCC1=CCCC1)c1ccc(F)c([N+](=O)[O-])c1. The number of carbonyl (C=O) groups is 1. The minimum absolute atomic E-state index is 0.0958. The van der Waals surface area contributed by atoms with Gasteiger partial charge in [-0.15, -0.1) is 0 Å². The number of nitrogens with one attached hydrogen (secondary N) is 1. The molecule has 0 spiro atoms. The van der Waals surface area contributed by atoms with Crippen molar-refractivity contribution in [3.8, 4) is 0 Å². The van der Waals surface area contributed by atoms with Gasteiger partial charge in [-0.25, -0.2) is 0 Å². The molecule has 1 aromatic rings. The molecule has 0 aromatic heterocycles. The first-order valence-corrected chi connectivity index (χ1v) is 6.48. The zero-order valence-corrected chi connectivity index (χ0v) is 10.9. The Kier molecular flexibility index (Phi) is 4.45. The van der Waals surface area contributed by atoms with Crippen LogP contribution in [0.2, 0.25) is 0 Å². The van der Waals surface area contributed by atoms with Gasteiger partial charge in [0.25, 0.3) is 5.91 Å². The van der Waals surface area contributed by atoms with Crippen LogP contribution in [-0.2, 0) is 0 Å². The summed E-state index contributed by atoms with van der Waals surface area (Å²) in [6, 6.07) is 3.14. The molecule has 6 heteroatoms. The third kappa shape index (κ3) is 3.40. The molecule has 20 heavy (non-hydrogen) atoms. The Labute approximate surface area is 115 Å². The van der Waals surface area contributed by atoms with Crippen molar-refractivity contribution >= 4 is 11.6 Å². The molecule has 0 aliphatic heterocycles. The highest BCUT2D eigenvalue weighted by Crippen LogP contribution is 2.20. The summed E-state index contributed by atoms with van der Waals surface area (Å²) < 4.78 is 13.2. The van der Waals surface area contributed by atoms with E-state index in [0.717, 1.165) is 37.8 Å². The van der Waals surface area contributed by atoms with Gasteiger partial charge in [0, 0.05) is 18.2 Å². The summed E-state index contributed by atoms with van der Waals surface area (Å²) in [4.78, 5) is 21.6. The van der Waals surface area contributed by atoms with E-state index in [0.29, 0.717) is 6.54 Å². The Balaban J connectivity index is 1.95. The Morgan fingerprint density at radius 1 is 1.45 bits per heavy atom. The van der Waals surface area contributed by atoms with Crippen LogP contribution in [-0.4, -0.2) is 17.4 Å². The zero-order chi connectivity index (χ0) is 14.5. The third-order valence-electron chi connectivity index (χ3n) is 3.27. The molecule has 106 valence electrons. The minimum atomic E-state index is -0.942. The van der Waals surface area contributed by atoms with Crippen LogP contribution in [0.15, 0.2) is 29.8 Å². The first-order valence-electron chi connectivity index (χ1n) is 6.48. The number of amides is 1. The van der Waals surface area contributed by atoms with Crippen molar-refractivity contribution in [2.75, 3.05) is 6.54 Å². The lowest BCUT2D eigenvalue weighted by molar-refractivity contribution is -0.387. The van der Waals surface area contributed by atoms with Gasteiger partial charge in [-0.05, 0) is 37.8 Å². The minimum Gasteiger partial charge on any atom is -0.352 e. The lowest BCUT2D eigenvalue weighted by Gasteiger charge is -2.06. The van der Waals surface area contributed by atoms with Crippen LogP contribution in [0.3, 0.4) is 0 Å². The van der Waals surface area contributed by atoms with Crippen molar-refractivity contribution < 1.29 is 14.1 Å². The summed E-state index contributed by atoms with van der Waals surface area (Å²) in [7, 11) is 0. The monoisotopic (exact) mass is 278 g/mol. The average Bonchev–Trinajstić information content (AvgIpc) is 2.92. The summed E-state index contributed by atoms with van der Waals surface area (Å²) in [6.45, 7) is 0.482. The van der Waals surface area contributed by atoms with Crippen LogP contribution < -0.4 is 5.32 Å². The molecule has 0 bridgehead atoms. The number of allylic oxidation sites excluding steroid dienone is 1. The summed E-state index contributed by atoms with van der Waals surface area (Å²) >= 11 is 0. The topological polar surface area (TPSA) is 72.2 Å². The quantitative estimate of drug-likeness (QED) is 0.511. The molecule has 1 amide bonds. The van der Waals surface area contributed by atoms with Crippen LogP contribution in [0, 0.1) is 15.9 Å². The molecule has 0 atom stereocenters. The van der Waals surface area contributed by atoms with E-state index in [2.05, 4.69) is 11.4 Å². The number of nitro benzene ring substituents is 1. The smallest absolute Gasteiger partial charge is 0.305 e. The van der Waals surface area contributed by atoms with Crippen molar-refractivity contribution in [1.82, 2.24) is 5.32 Å². The maximum absolute atomic E-state index is 13.2. The summed E-state index contributed by atoms with van der Waals surface area (Å²) in [5.74, 6) is -1.37. The second-order valence-corrected chi connectivity index (χ2v) is 4.68. The van der Waals surface area contributed by atoms with E-state index in [1.54, 1.807) is 0 Å². The van der Waals surface area contributed by atoms with Gasteiger partial charge in [0.2, 0.25) is 5.82 Å². The van der Waals surface area contributed by atoms with Crippen LogP contribution in [0.5, 0.6) is 0 Å².